The van der Waals surface area contributed by atoms with Crippen LogP contribution in [0, 0.1) is 0 Å². The lowest BCUT2D eigenvalue weighted by Crippen LogP contribution is -2.01. The first-order chi connectivity index (χ1) is 11.5. The Morgan fingerprint density at radius 3 is 2.21 bits per heavy atom. The smallest absolute Gasteiger partial charge is 0.203 e. The molecular formula is C17H18O7. The van der Waals surface area contributed by atoms with Gasteiger partial charge in [-0.05, 0) is 23.3 Å². The maximum Gasteiger partial charge on any atom is 0.203 e. The van der Waals surface area contributed by atoms with Gasteiger partial charge in [-0.15, -0.1) is 0 Å². The van der Waals surface area contributed by atoms with Crippen LogP contribution in [0.4, 0.5) is 0 Å². The predicted molar refractivity (Wildman–Crippen MR) is 85.0 cm³/mol. The van der Waals surface area contributed by atoms with Gasteiger partial charge in [0.05, 0.1) is 34.5 Å². The third-order valence-corrected chi connectivity index (χ3v) is 4.04. The molecule has 7 nitrogen and oxygen atoms in total. The molecule has 0 atom stereocenters. The van der Waals surface area contributed by atoms with E-state index < -0.39 is 17.2 Å². The summed E-state index contributed by atoms with van der Waals surface area (Å²) in [7, 11) is 4.50. The first-order valence-corrected chi connectivity index (χ1v) is 7.20. The van der Waals surface area contributed by atoms with Gasteiger partial charge in [0, 0.05) is 11.1 Å². The van der Waals surface area contributed by atoms with Crippen molar-refractivity contribution in [2.24, 2.45) is 0 Å². The van der Waals surface area contributed by atoms with E-state index in [2.05, 4.69) is 0 Å². The van der Waals surface area contributed by atoms with Crippen LogP contribution in [0.1, 0.15) is 11.1 Å². The first kappa shape index (κ1) is 16.1. The Morgan fingerprint density at radius 1 is 0.875 bits per heavy atom. The van der Waals surface area contributed by atoms with E-state index in [0.29, 0.717) is 33.9 Å². The highest BCUT2D eigenvalue weighted by Gasteiger charge is 2.28. The third-order valence-electron chi connectivity index (χ3n) is 4.04. The molecule has 1 aliphatic heterocycles. The number of aromatic hydroxyl groups is 3. The number of fused-ring (bicyclic) bond motifs is 3. The molecule has 0 fully saturated rings. The predicted octanol–water partition coefficient (Wildman–Crippen LogP) is 2.53. The topological polar surface area (TPSA) is 97.6 Å². The number of phenols is 3. The Bertz CT molecular complexity index is 799. The van der Waals surface area contributed by atoms with Crippen molar-refractivity contribution in [2.45, 2.75) is 13.2 Å². The normalized spacial score (nSPS) is 12.8. The summed E-state index contributed by atoms with van der Waals surface area (Å²) in [4.78, 5) is 0. The van der Waals surface area contributed by atoms with E-state index in [-0.39, 0.29) is 13.2 Å². The molecule has 0 aromatic heterocycles. The molecule has 1 aliphatic rings. The van der Waals surface area contributed by atoms with E-state index in [4.69, 9.17) is 18.9 Å². The van der Waals surface area contributed by atoms with Crippen molar-refractivity contribution in [1.82, 2.24) is 0 Å². The van der Waals surface area contributed by atoms with Crippen LogP contribution in [0.25, 0.3) is 11.1 Å². The first-order valence-electron chi connectivity index (χ1n) is 7.20. The van der Waals surface area contributed by atoms with Gasteiger partial charge < -0.3 is 34.3 Å². The Hall–Kier alpha value is -2.80. The lowest BCUT2D eigenvalue weighted by molar-refractivity contribution is 0.107. The fraction of sp³-hybridized carbons (Fsp3) is 0.294. The number of rotatable bonds is 3. The Kier molecular flexibility index (Phi) is 4.02. The summed E-state index contributed by atoms with van der Waals surface area (Å²) in [5.41, 5.74) is 2.20. The van der Waals surface area contributed by atoms with E-state index in [1.54, 1.807) is 6.07 Å². The van der Waals surface area contributed by atoms with Crippen LogP contribution in [0.15, 0.2) is 12.1 Å². The van der Waals surface area contributed by atoms with Gasteiger partial charge in [0.25, 0.3) is 0 Å². The molecule has 0 amide bonds. The van der Waals surface area contributed by atoms with Crippen molar-refractivity contribution >= 4 is 0 Å². The second-order valence-corrected chi connectivity index (χ2v) is 5.29. The molecule has 24 heavy (non-hydrogen) atoms. The van der Waals surface area contributed by atoms with E-state index in [9.17, 15) is 15.3 Å². The van der Waals surface area contributed by atoms with Gasteiger partial charge in [0.1, 0.15) is 0 Å². The summed E-state index contributed by atoms with van der Waals surface area (Å²) in [6, 6.07) is 3.12. The van der Waals surface area contributed by atoms with Crippen LogP contribution < -0.4 is 14.2 Å². The average Bonchev–Trinajstić information content (AvgIpc) is 2.77. The largest absolute Gasteiger partial charge is 0.504 e. The molecule has 0 unspecified atom stereocenters. The maximum atomic E-state index is 10.2. The molecule has 0 saturated carbocycles. The second kappa shape index (κ2) is 6.01. The molecule has 0 spiro atoms. The average molecular weight is 334 g/mol. The minimum absolute atomic E-state index is 0.0669. The van der Waals surface area contributed by atoms with Gasteiger partial charge in [-0.3, -0.25) is 0 Å². The van der Waals surface area contributed by atoms with Crippen molar-refractivity contribution in [1.29, 1.82) is 0 Å². The van der Waals surface area contributed by atoms with E-state index in [1.807, 2.05) is 0 Å². The van der Waals surface area contributed by atoms with Crippen molar-refractivity contribution in [3.63, 3.8) is 0 Å². The Morgan fingerprint density at radius 2 is 1.58 bits per heavy atom. The van der Waals surface area contributed by atoms with E-state index >= 15 is 0 Å². The second-order valence-electron chi connectivity index (χ2n) is 5.29. The van der Waals surface area contributed by atoms with Crippen LogP contribution >= 0.6 is 0 Å². The van der Waals surface area contributed by atoms with Crippen molar-refractivity contribution in [3.8, 4) is 45.6 Å². The van der Waals surface area contributed by atoms with Crippen LogP contribution in [0.3, 0.4) is 0 Å². The highest BCUT2D eigenvalue weighted by Crippen LogP contribution is 2.52. The van der Waals surface area contributed by atoms with E-state index in [0.717, 1.165) is 5.56 Å². The molecular weight excluding hydrogens is 316 g/mol. The molecule has 3 rings (SSSR count). The monoisotopic (exact) mass is 334 g/mol. The molecule has 1 heterocycles. The molecule has 0 bridgehead atoms. The van der Waals surface area contributed by atoms with Crippen molar-refractivity contribution < 1.29 is 34.3 Å². The summed E-state index contributed by atoms with van der Waals surface area (Å²) in [6.45, 7) is 0.305. The molecule has 2 aromatic carbocycles. The van der Waals surface area contributed by atoms with Gasteiger partial charge >= 0.3 is 0 Å². The van der Waals surface area contributed by atoms with Gasteiger partial charge in [-0.2, -0.15) is 0 Å². The number of hydrogen-bond acceptors (Lipinski definition) is 7. The number of ether oxygens (including phenoxy) is 4. The lowest BCUT2D eigenvalue weighted by atomic mass is 9.93. The SMILES string of the molecule is COc1cc2c(c(OC)c1OC)-c1cc(O)c(O)c(O)c1COC2. The van der Waals surface area contributed by atoms with Gasteiger partial charge in [-0.25, -0.2) is 0 Å². The third kappa shape index (κ3) is 2.25. The van der Waals surface area contributed by atoms with Crippen LogP contribution in [-0.4, -0.2) is 36.6 Å². The summed E-state index contributed by atoms with van der Waals surface area (Å²) in [6.07, 6.45) is 0. The van der Waals surface area contributed by atoms with E-state index in [1.165, 1.54) is 27.4 Å². The Labute approximate surface area is 138 Å². The minimum Gasteiger partial charge on any atom is -0.504 e. The Balaban J connectivity index is 2.41. The van der Waals surface area contributed by atoms with Gasteiger partial charge in [0.2, 0.25) is 11.5 Å². The zero-order chi connectivity index (χ0) is 17.4. The minimum atomic E-state index is -0.583. The number of benzene rings is 2. The zero-order valence-corrected chi connectivity index (χ0v) is 13.5. The number of phenolic OH excluding ortho intramolecular Hbond substituents is 3. The molecule has 3 N–H and O–H groups in total. The highest BCUT2D eigenvalue weighted by atomic mass is 16.5. The molecule has 128 valence electrons. The van der Waals surface area contributed by atoms with Crippen LogP contribution in [0.2, 0.25) is 0 Å². The zero-order valence-electron chi connectivity index (χ0n) is 13.5. The highest BCUT2D eigenvalue weighted by molar-refractivity contribution is 5.85. The van der Waals surface area contributed by atoms with Crippen LogP contribution in [-0.2, 0) is 18.0 Å². The summed E-state index contributed by atoms with van der Waals surface area (Å²) in [5, 5.41) is 29.9. The maximum absolute atomic E-state index is 10.2. The lowest BCUT2D eigenvalue weighted by Gasteiger charge is -2.19. The molecule has 0 aliphatic carbocycles. The number of hydrogen-bond donors (Lipinski definition) is 3. The number of methoxy groups -OCH3 is 3. The van der Waals surface area contributed by atoms with Crippen molar-refractivity contribution in [3.05, 3.63) is 23.3 Å². The van der Waals surface area contributed by atoms with Gasteiger partial charge in [0.15, 0.2) is 23.0 Å². The van der Waals surface area contributed by atoms with Crippen LogP contribution in [0.5, 0.6) is 34.5 Å². The summed E-state index contributed by atoms with van der Waals surface area (Å²) < 4.78 is 21.8. The molecule has 0 radical (unpaired) electrons. The van der Waals surface area contributed by atoms with Crippen molar-refractivity contribution in [2.75, 3.05) is 21.3 Å². The molecule has 0 saturated heterocycles. The molecule has 7 heteroatoms. The van der Waals surface area contributed by atoms with Gasteiger partial charge in [-0.1, -0.05) is 0 Å². The quantitative estimate of drug-likeness (QED) is 0.742. The molecule has 2 aromatic rings. The standard InChI is InChI=1S/C17H18O7/c1-21-12-4-8-6-24-7-10-9(5-11(18)15(20)14(10)19)13(8)17(23-3)16(12)22-2/h4-5,18-20H,6-7H2,1-3H3. The summed E-state index contributed by atoms with van der Waals surface area (Å²) >= 11 is 0. The summed E-state index contributed by atoms with van der Waals surface area (Å²) in [5.74, 6) is -0.181. The fourth-order valence-corrected chi connectivity index (χ4v) is 2.93. The fourth-order valence-electron chi connectivity index (χ4n) is 2.93.